The van der Waals surface area contributed by atoms with E-state index in [-0.39, 0.29) is 0 Å². The van der Waals surface area contributed by atoms with E-state index in [9.17, 15) is 5.11 Å². The van der Waals surface area contributed by atoms with E-state index in [1.807, 2.05) is 6.07 Å². The van der Waals surface area contributed by atoms with Crippen LogP contribution in [0.4, 0.5) is 0 Å². The normalized spacial score (nSPS) is 19.9. The summed E-state index contributed by atoms with van der Waals surface area (Å²) < 4.78 is 11.5. The lowest BCUT2D eigenvalue weighted by atomic mass is 9.97. The Balaban J connectivity index is 2.04. The Morgan fingerprint density at radius 2 is 1.95 bits per heavy atom. The number of halogens is 1. The van der Waals surface area contributed by atoms with E-state index in [0.717, 1.165) is 42.6 Å². The number of aliphatic hydroxyl groups is 1. The minimum absolute atomic E-state index is 0.521. The molecular weight excluding hydrogens is 264 g/mol. The van der Waals surface area contributed by atoms with Gasteiger partial charge in [0.25, 0.3) is 0 Å². The molecule has 1 aliphatic heterocycles. The molecule has 1 fully saturated rings. The molecule has 1 saturated carbocycles. The predicted molar refractivity (Wildman–Crippen MR) is 74.3 cm³/mol. The number of benzene rings is 1. The topological polar surface area (TPSA) is 38.7 Å². The van der Waals surface area contributed by atoms with Crippen molar-refractivity contribution in [1.82, 2.24) is 0 Å². The molecule has 104 valence electrons. The molecular formula is C15H19ClO3. The van der Waals surface area contributed by atoms with Crippen molar-refractivity contribution in [3.63, 3.8) is 0 Å². The van der Waals surface area contributed by atoms with Crippen molar-refractivity contribution in [2.45, 2.75) is 44.6 Å². The first-order chi connectivity index (χ1) is 9.13. The van der Waals surface area contributed by atoms with Crippen molar-refractivity contribution < 1.29 is 14.6 Å². The zero-order valence-electron chi connectivity index (χ0n) is 11.2. The first-order valence-electron chi connectivity index (χ1n) is 6.95. The standard InChI is InChI=1S/C15H19ClO3/c1-2-11-10(9-15(17)4-5-15)8-12(16)14-13(11)18-6-3-7-19-14/h8,17H,2-7,9H2,1H3. The van der Waals surface area contributed by atoms with Crippen molar-refractivity contribution in [1.29, 1.82) is 0 Å². The van der Waals surface area contributed by atoms with Gasteiger partial charge >= 0.3 is 0 Å². The van der Waals surface area contributed by atoms with E-state index in [1.165, 1.54) is 0 Å². The monoisotopic (exact) mass is 282 g/mol. The summed E-state index contributed by atoms with van der Waals surface area (Å²) in [6, 6.07) is 1.93. The molecule has 0 bridgehead atoms. The molecule has 3 nitrogen and oxygen atoms in total. The Morgan fingerprint density at radius 3 is 2.58 bits per heavy atom. The van der Waals surface area contributed by atoms with Gasteiger partial charge in [-0.05, 0) is 30.9 Å². The fourth-order valence-corrected chi connectivity index (χ4v) is 2.88. The smallest absolute Gasteiger partial charge is 0.180 e. The summed E-state index contributed by atoms with van der Waals surface area (Å²) >= 11 is 6.31. The van der Waals surface area contributed by atoms with E-state index >= 15 is 0 Å². The van der Waals surface area contributed by atoms with E-state index < -0.39 is 5.60 Å². The summed E-state index contributed by atoms with van der Waals surface area (Å²) in [6.07, 6.45) is 4.14. The highest BCUT2D eigenvalue weighted by Crippen LogP contribution is 2.45. The summed E-state index contributed by atoms with van der Waals surface area (Å²) in [6.45, 7) is 3.39. The van der Waals surface area contributed by atoms with Crippen molar-refractivity contribution in [2.24, 2.45) is 0 Å². The van der Waals surface area contributed by atoms with E-state index in [1.54, 1.807) is 0 Å². The number of hydrogen-bond acceptors (Lipinski definition) is 3. The van der Waals surface area contributed by atoms with Gasteiger partial charge in [-0.2, -0.15) is 0 Å². The lowest BCUT2D eigenvalue weighted by Gasteiger charge is -2.19. The molecule has 0 spiro atoms. The molecule has 1 aliphatic carbocycles. The summed E-state index contributed by atoms with van der Waals surface area (Å²) in [5.41, 5.74) is 1.70. The predicted octanol–water partition coefficient (Wildman–Crippen LogP) is 3.13. The molecule has 1 heterocycles. The number of hydrogen-bond donors (Lipinski definition) is 1. The van der Waals surface area contributed by atoms with Crippen LogP contribution in [0, 0.1) is 0 Å². The molecule has 0 atom stereocenters. The lowest BCUT2D eigenvalue weighted by molar-refractivity contribution is 0.150. The zero-order chi connectivity index (χ0) is 13.5. The molecule has 0 saturated heterocycles. The van der Waals surface area contributed by atoms with Crippen LogP contribution < -0.4 is 9.47 Å². The second-order valence-corrected chi connectivity index (χ2v) is 5.87. The van der Waals surface area contributed by atoms with Crippen molar-refractivity contribution >= 4 is 11.6 Å². The molecule has 3 rings (SSSR count). The van der Waals surface area contributed by atoms with Gasteiger partial charge in [0.05, 0.1) is 23.8 Å². The zero-order valence-corrected chi connectivity index (χ0v) is 11.9. The summed E-state index contributed by atoms with van der Waals surface area (Å²) in [7, 11) is 0. The first kappa shape index (κ1) is 13.1. The van der Waals surface area contributed by atoms with Gasteiger partial charge in [-0.15, -0.1) is 0 Å². The number of rotatable bonds is 3. The Kier molecular flexibility index (Phi) is 3.35. The largest absolute Gasteiger partial charge is 0.489 e. The maximum absolute atomic E-state index is 10.1. The lowest BCUT2D eigenvalue weighted by Crippen LogP contribution is -2.13. The third-order valence-corrected chi connectivity index (χ3v) is 4.15. The van der Waals surface area contributed by atoms with E-state index in [4.69, 9.17) is 21.1 Å². The van der Waals surface area contributed by atoms with Gasteiger partial charge in [0.2, 0.25) is 0 Å². The molecule has 19 heavy (non-hydrogen) atoms. The summed E-state index contributed by atoms with van der Waals surface area (Å²) in [5, 5.41) is 10.7. The van der Waals surface area contributed by atoms with Gasteiger partial charge in [0.15, 0.2) is 11.5 Å². The second kappa shape index (κ2) is 4.88. The molecule has 0 radical (unpaired) electrons. The quantitative estimate of drug-likeness (QED) is 0.926. The van der Waals surface area contributed by atoms with Crippen LogP contribution in [-0.2, 0) is 12.8 Å². The molecule has 4 heteroatoms. The average Bonchev–Trinajstić information content (AvgIpc) is 3.13. The molecule has 0 aromatic heterocycles. The van der Waals surface area contributed by atoms with Crippen LogP contribution in [0.2, 0.25) is 5.02 Å². The van der Waals surface area contributed by atoms with Crippen molar-refractivity contribution in [3.8, 4) is 11.5 Å². The Morgan fingerprint density at radius 1 is 1.26 bits per heavy atom. The molecule has 0 amide bonds. The molecule has 1 aromatic carbocycles. The summed E-state index contributed by atoms with van der Waals surface area (Å²) in [4.78, 5) is 0. The Hall–Kier alpha value is -0.930. The van der Waals surface area contributed by atoms with Gasteiger partial charge in [-0.25, -0.2) is 0 Å². The number of ether oxygens (including phenoxy) is 2. The van der Waals surface area contributed by atoms with Crippen LogP contribution >= 0.6 is 11.6 Å². The highest BCUT2D eigenvalue weighted by molar-refractivity contribution is 6.32. The first-order valence-corrected chi connectivity index (χ1v) is 7.33. The minimum Gasteiger partial charge on any atom is -0.489 e. The van der Waals surface area contributed by atoms with Crippen LogP contribution in [0.25, 0.3) is 0 Å². The van der Waals surface area contributed by atoms with Crippen molar-refractivity contribution in [3.05, 3.63) is 22.2 Å². The van der Waals surface area contributed by atoms with Crippen molar-refractivity contribution in [2.75, 3.05) is 13.2 Å². The van der Waals surface area contributed by atoms with Crippen LogP contribution in [0.5, 0.6) is 11.5 Å². The third-order valence-electron chi connectivity index (χ3n) is 3.87. The van der Waals surface area contributed by atoms with Gasteiger partial charge in [0.1, 0.15) is 0 Å². The van der Waals surface area contributed by atoms with Crippen LogP contribution in [0.1, 0.15) is 37.3 Å². The second-order valence-electron chi connectivity index (χ2n) is 5.46. The van der Waals surface area contributed by atoms with Gasteiger partial charge in [-0.3, -0.25) is 0 Å². The molecule has 2 aliphatic rings. The van der Waals surface area contributed by atoms with Crippen LogP contribution in [0.15, 0.2) is 6.07 Å². The molecule has 1 N–H and O–H groups in total. The SMILES string of the molecule is CCc1c(CC2(O)CC2)cc(Cl)c2c1OCCCO2. The van der Waals surface area contributed by atoms with Crippen LogP contribution in [0.3, 0.4) is 0 Å². The maximum atomic E-state index is 10.1. The maximum Gasteiger partial charge on any atom is 0.180 e. The molecule has 1 aromatic rings. The molecule has 0 unspecified atom stereocenters. The highest BCUT2D eigenvalue weighted by Gasteiger charge is 2.41. The fraction of sp³-hybridized carbons (Fsp3) is 0.600. The van der Waals surface area contributed by atoms with Gasteiger partial charge < -0.3 is 14.6 Å². The average molecular weight is 283 g/mol. The van der Waals surface area contributed by atoms with Gasteiger partial charge in [0, 0.05) is 18.4 Å². The van der Waals surface area contributed by atoms with E-state index in [2.05, 4.69) is 6.92 Å². The van der Waals surface area contributed by atoms with Gasteiger partial charge in [-0.1, -0.05) is 18.5 Å². The summed E-state index contributed by atoms with van der Waals surface area (Å²) in [5.74, 6) is 1.45. The van der Waals surface area contributed by atoms with Crippen LogP contribution in [-0.4, -0.2) is 23.9 Å². The third kappa shape index (κ3) is 2.54. The highest BCUT2D eigenvalue weighted by atomic mass is 35.5. The Bertz CT molecular complexity index is 495. The minimum atomic E-state index is -0.521. The van der Waals surface area contributed by atoms with E-state index in [0.29, 0.717) is 30.4 Å². The Labute approximate surface area is 118 Å². The fourth-order valence-electron chi connectivity index (χ4n) is 2.61. The number of fused-ring (bicyclic) bond motifs is 1.